The number of fused-ring (bicyclic) bond motifs is 1. The smallest absolute Gasteiger partial charge is 0.124 e. The molecule has 3 heteroatoms. The Balaban J connectivity index is 2.76. The van der Waals surface area contributed by atoms with E-state index in [1.54, 1.807) is 12.1 Å². The maximum atomic E-state index is 13.7. The van der Waals surface area contributed by atoms with Gasteiger partial charge in [0, 0.05) is 23.3 Å². The van der Waals surface area contributed by atoms with Gasteiger partial charge >= 0.3 is 0 Å². The molecule has 2 nitrogen and oxygen atoms in total. The zero-order valence-electron chi connectivity index (χ0n) is 12.1. The van der Waals surface area contributed by atoms with E-state index in [2.05, 4.69) is 24.1 Å². The molecule has 1 N–H and O–H groups in total. The first-order valence-electron chi connectivity index (χ1n) is 6.91. The standard InChI is InChI=1S/C16H21FN2/c1-5-7-18-16-13(6-2)11(4)19-15-10(3)8-12(17)9-14(15)16/h8-9H,5-7H2,1-4H3,(H,18,19). The van der Waals surface area contributed by atoms with Gasteiger partial charge in [0.25, 0.3) is 0 Å². The van der Waals surface area contributed by atoms with Crippen molar-refractivity contribution in [3.8, 4) is 0 Å². The number of hydrogen-bond acceptors (Lipinski definition) is 2. The first-order valence-corrected chi connectivity index (χ1v) is 6.91. The van der Waals surface area contributed by atoms with Gasteiger partial charge in [-0.1, -0.05) is 13.8 Å². The zero-order valence-corrected chi connectivity index (χ0v) is 12.1. The summed E-state index contributed by atoms with van der Waals surface area (Å²) in [6.45, 7) is 9.06. The van der Waals surface area contributed by atoms with Crippen LogP contribution in [0.3, 0.4) is 0 Å². The molecule has 1 heterocycles. The Morgan fingerprint density at radius 2 is 1.95 bits per heavy atom. The van der Waals surface area contributed by atoms with Crippen molar-refractivity contribution in [2.75, 3.05) is 11.9 Å². The summed E-state index contributed by atoms with van der Waals surface area (Å²) in [7, 11) is 0. The average molecular weight is 260 g/mol. The highest BCUT2D eigenvalue weighted by atomic mass is 19.1. The van der Waals surface area contributed by atoms with Crippen molar-refractivity contribution in [3.05, 3.63) is 34.8 Å². The zero-order chi connectivity index (χ0) is 14.0. The van der Waals surface area contributed by atoms with Crippen molar-refractivity contribution >= 4 is 16.6 Å². The summed E-state index contributed by atoms with van der Waals surface area (Å²) >= 11 is 0. The molecular weight excluding hydrogens is 239 g/mol. The predicted molar refractivity (Wildman–Crippen MR) is 79.3 cm³/mol. The van der Waals surface area contributed by atoms with Crippen molar-refractivity contribution in [1.29, 1.82) is 0 Å². The lowest BCUT2D eigenvalue weighted by Gasteiger charge is -2.17. The van der Waals surface area contributed by atoms with Gasteiger partial charge in [0.05, 0.1) is 5.52 Å². The maximum absolute atomic E-state index is 13.7. The molecule has 0 aliphatic rings. The van der Waals surface area contributed by atoms with Gasteiger partial charge in [0.2, 0.25) is 0 Å². The van der Waals surface area contributed by atoms with Crippen LogP contribution >= 0.6 is 0 Å². The Bertz CT molecular complexity index is 605. The summed E-state index contributed by atoms with van der Waals surface area (Å²) in [6.07, 6.45) is 1.94. The Morgan fingerprint density at radius 3 is 2.58 bits per heavy atom. The van der Waals surface area contributed by atoms with Crippen LogP contribution in [0.5, 0.6) is 0 Å². The molecule has 0 atom stereocenters. The second-order valence-electron chi connectivity index (χ2n) is 4.95. The first-order chi connectivity index (χ1) is 9.08. The molecule has 0 spiro atoms. The molecule has 19 heavy (non-hydrogen) atoms. The van der Waals surface area contributed by atoms with E-state index in [4.69, 9.17) is 0 Å². The number of nitrogens with zero attached hydrogens (tertiary/aromatic N) is 1. The van der Waals surface area contributed by atoms with Crippen LogP contribution in [0.15, 0.2) is 12.1 Å². The van der Waals surface area contributed by atoms with E-state index in [0.29, 0.717) is 0 Å². The third-order valence-corrected chi connectivity index (χ3v) is 3.46. The topological polar surface area (TPSA) is 24.9 Å². The molecule has 0 radical (unpaired) electrons. The lowest BCUT2D eigenvalue weighted by molar-refractivity contribution is 0.628. The van der Waals surface area contributed by atoms with E-state index in [0.717, 1.165) is 47.2 Å². The fourth-order valence-electron chi connectivity index (χ4n) is 2.54. The molecule has 102 valence electrons. The van der Waals surface area contributed by atoms with Gasteiger partial charge in [-0.25, -0.2) is 4.39 Å². The predicted octanol–water partition coefficient (Wildman–Crippen LogP) is 4.38. The van der Waals surface area contributed by atoms with Gasteiger partial charge in [-0.15, -0.1) is 0 Å². The highest BCUT2D eigenvalue weighted by Crippen LogP contribution is 2.31. The number of pyridine rings is 1. The fourth-order valence-corrected chi connectivity index (χ4v) is 2.54. The fraction of sp³-hybridized carbons (Fsp3) is 0.438. The van der Waals surface area contributed by atoms with Gasteiger partial charge < -0.3 is 5.32 Å². The minimum absolute atomic E-state index is 0.197. The van der Waals surface area contributed by atoms with Gasteiger partial charge in [-0.2, -0.15) is 0 Å². The Labute approximate surface area is 114 Å². The maximum Gasteiger partial charge on any atom is 0.124 e. The van der Waals surface area contributed by atoms with Crippen molar-refractivity contribution in [2.45, 2.75) is 40.5 Å². The highest BCUT2D eigenvalue weighted by Gasteiger charge is 2.13. The lowest BCUT2D eigenvalue weighted by atomic mass is 10.0. The molecule has 0 unspecified atom stereocenters. The van der Waals surface area contributed by atoms with Crippen molar-refractivity contribution in [3.63, 3.8) is 0 Å². The first kappa shape index (κ1) is 13.8. The van der Waals surface area contributed by atoms with Gasteiger partial charge in [0.1, 0.15) is 5.82 Å². The number of benzene rings is 1. The third kappa shape index (κ3) is 2.55. The number of hydrogen-bond donors (Lipinski definition) is 1. The van der Waals surface area contributed by atoms with Crippen molar-refractivity contribution < 1.29 is 4.39 Å². The van der Waals surface area contributed by atoms with Gasteiger partial charge in [-0.3, -0.25) is 4.98 Å². The summed E-state index contributed by atoms with van der Waals surface area (Å²) in [6, 6.07) is 3.13. The Hall–Kier alpha value is -1.64. The number of aromatic nitrogens is 1. The number of aryl methyl sites for hydroxylation is 2. The summed E-state index contributed by atoms with van der Waals surface area (Å²) in [5, 5.41) is 4.34. The van der Waals surface area contributed by atoms with Gasteiger partial charge in [0.15, 0.2) is 0 Å². The normalized spacial score (nSPS) is 11.0. The molecular formula is C16H21FN2. The van der Waals surface area contributed by atoms with Crippen LogP contribution in [0.1, 0.15) is 37.1 Å². The minimum Gasteiger partial charge on any atom is -0.384 e. The van der Waals surface area contributed by atoms with E-state index >= 15 is 0 Å². The Kier molecular flexibility index (Phi) is 4.03. The molecule has 0 saturated heterocycles. The van der Waals surface area contributed by atoms with E-state index in [1.807, 2.05) is 13.8 Å². The minimum atomic E-state index is -0.197. The summed E-state index contributed by atoms with van der Waals surface area (Å²) in [4.78, 5) is 4.65. The van der Waals surface area contributed by atoms with E-state index in [-0.39, 0.29) is 5.82 Å². The van der Waals surface area contributed by atoms with E-state index in [1.165, 1.54) is 5.56 Å². The Morgan fingerprint density at radius 1 is 1.21 bits per heavy atom. The summed E-state index contributed by atoms with van der Waals surface area (Å²) in [5.74, 6) is -0.197. The molecule has 0 aliphatic carbocycles. The van der Waals surface area contributed by atoms with Crippen LogP contribution in [0.25, 0.3) is 10.9 Å². The SMILES string of the molecule is CCCNc1c(CC)c(C)nc2c(C)cc(F)cc12. The van der Waals surface area contributed by atoms with E-state index in [9.17, 15) is 4.39 Å². The van der Waals surface area contributed by atoms with Crippen LogP contribution in [-0.4, -0.2) is 11.5 Å². The molecule has 0 fully saturated rings. The van der Waals surface area contributed by atoms with Crippen LogP contribution in [0, 0.1) is 19.7 Å². The van der Waals surface area contributed by atoms with Crippen molar-refractivity contribution in [2.24, 2.45) is 0 Å². The van der Waals surface area contributed by atoms with Gasteiger partial charge in [-0.05, 0) is 49.9 Å². The van der Waals surface area contributed by atoms with Crippen molar-refractivity contribution in [1.82, 2.24) is 4.98 Å². The molecule has 1 aromatic heterocycles. The molecule has 0 saturated carbocycles. The lowest BCUT2D eigenvalue weighted by Crippen LogP contribution is -2.07. The van der Waals surface area contributed by atoms with Crippen LogP contribution in [0.2, 0.25) is 0 Å². The molecule has 2 rings (SSSR count). The second kappa shape index (κ2) is 5.55. The monoisotopic (exact) mass is 260 g/mol. The summed E-state index contributed by atoms with van der Waals surface area (Å²) in [5.41, 5.74) is 5.05. The van der Waals surface area contributed by atoms with E-state index < -0.39 is 0 Å². The molecule has 0 amide bonds. The number of anilines is 1. The molecule has 0 aliphatic heterocycles. The van der Waals surface area contributed by atoms with Crippen LogP contribution in [0.4, 0.5) is 10.1 Å². The third-order valence-electron chi connectivity index (χ3n) is 3.46. The number of halogens is 1. The largest absolute Gasteiger partial charge is 0.384 e. The average Bonchev–Trinajstić information content (AvgIpc) is 2.37. The quantitative estimate of drug-likeness (QED) is 0.882. The molecule has 1 aromatic carbocycles. The second-order valence-corrected chi connectivity index (χ2v) is 4.95. The van der Waals surface area contributed by atoms with Crippen LogP contribution in [-0.2, 0) is 6.42 Å². The number of rotatable bonds is 4. The highest BCUT2D eigenvalue weighted by molar-refractivity contribution is 5.95. The summed E-state index contributed by atoms with van der Waals surface area (Å²) < 4.78 is 13.7. The number of nitrogens with one attached hydrogen (secondary N) is 1. The molecule has 2 aromatic rings. The van der Waals surface area contributed by atoms with Crippen LogP contribution < -0.4 is 5.32 Å². The molecule has 0 bridgehead atoms.